The molecule has 2 heterocycles. The summed E-state index contributed by atoms with van der Waals surface area (Å²) in [5, 5.41) is 18.3. The molecule has 130 valence electrons. The largest absolute Gasteiger partial charge is 0.386 e. The zero-order valence-electron chi connectivity index (χ0n) is 13.7. The number of aromatic nitrogens is 2. The van der Waals surface area contributed by atoms with E-state index in [1.807, 2.05) is 35.7 Å². The number of thiophene rings is 1. The molecular weight excluding hydrogens is 351 g/mol. The second-order valence-electron chi connectivity index (χ2n) is 5.93. The second-order valence-corrected chi connectivity index (χ2v) is 6.87. The number of aliphatic hydroxyl groups excluding tert-OH is 1. The van der Waals surface area contributed by atoms with E-state index in [9.17, 15) is 14.3 Å². The van der Waals surface area contributed by atoms with Crippen LogP contribution in [0.2, 0.25) is 0 Å². The predicted octanol–water partition coefficient (Wildman–Crippen LogP) is 4.00. The second kappa shape index (κ2) is 6.82. The summed E-state index contributed by atoms with van der Waals surface area (Å²) in [6.07, 6.45) is -0.960. The number of halogens is 1. The first-order valence-corrected chi connectivity index (χ1v) is 8.99. The van der Waals surface area contributed by atoms with Crippen LogP contribution in [0.25, 0.3) is 21.3 Å². The molecule has 0 aliphatic carbocycles. The molecule has 0 saturated carbocycles. The number of hydrogen-bond donors (Lipinski definition) is 1. The Hall–Kier alpha value is -2.83. The van der Waals surface area contributed by atoms with E-state index in [0.717, 1.165) is 10.3 Å². The minimum atomic E-state index is -0.960. The topological polar surface area (TPSA) is 55.1 Å². The molecule has 26 heavy (non-hydrogen) atoms. The highest BCUT2D eigenvalue weighted by atomic mass is 32.1. The molecular formula is C20H15FN2O2S. The molecule has 0 saturated heterocycles. The van der Waals surface area contributed by atoms with Gasteiger partial charge in [0, 0.05) is 5.39 Å². The average Bonchev–Trinajstić information content (AvgIpc) is 3.19. The Kier molecular flexibility index (Phi) is 4.36. The molecule has 0 radical (unpaired) electrons. The lowest BCUT2D eigenvalue weighted by molar-refractivity contribution is 0.149. The summed E-state index contributed by atoms with van der Waals surface area (Å²) in [5.74, 6) is -0.373. The van der Waals surface area contributed by atoms with E-state index in [1.54, 1.807) is 17.4 Å². The fourth-order valence-corrected chi connectivity index (χ4v) is 3.63. The maximum atomic E-state index is 13.1. The van der Waals surface area contributed by atoms with Crippen LogP contribution in [0.3, 0.4) is 0 Å². The highest BCUT2D eigenvalue weighted by Crippen LogP contribution is 2.28. The molecule has 6 heteroatoms. The van der Waals surface area contributed by atoms with Crippen molar-refractivity contribution in [3.63, 3.8) is 0 Å². The van der Waals surface area contributed by atoms with Crippen molar-refractivity contribution < 1.29 is 9.50 Å². The van der Waals surface area contributed by atoms with Crippen molar-refractivity contribution in [3.05, 3.63) is 87.8 Å². The molecule has 0 fully saturated rings. The third kappa shape index (κ3) is 3.05. The van der Waals surface area contributed by atoms with Gasteiger partial charge in [-0.15, -0.1) is 11.3 Å². The molecule has 4 rings (SSSR count). The molecule has 2 aromatic carbocycles. The minimum absolute atomic E-state index is 0.00627. The number of rotatable bonds is 4. The monoisotopic (exact) mass is 366 g/mol. The molecule has 4 aromatic rings. The Labute approximate surface area is 152 Å². The Bertz CT molecular complexity index is 1110. The van der Waals surface area contributed by atoms with E-state index in [0.29, 0.717) is 16.6 Å². The highest BCUT2D eigenvalue weighted by Gasteiger charge is 2.16. The number of hydrogen-bond acceptors (Lipinski definition) is 4. The van der Waals surface area contributed by atoms with Crippen LogP contribution in [-0.4, -0.2) is 14.9 Å². The van der Waals surface area contributed by atoms with Gasteiger partial charge in [-0.25, -0.2) is 9.07 Å². The van der Waals surface area contributed by atoms with E-state index >= 15 is 0 Å². The van der Waals surface area contributed by atoms with E-state index in [4.69, 9.17) is 0 Å². The van der Waals surface area contributed by atoms with Crippen LogP contribution in [0.1, 0.15) is 11.7 Å². The summed E-state index contributed by atoms with van der Waals surface area (Å²) >= 11 is 1.54. The lowest BCUT2D eigenvalue weighted by Gasteiger charge is -2.14. The Morgan fingerprint density at radius 2 is 1.77 bits per heavy atom. The molecule has 1 N–H and O–H groups in total. The van der Waals surface area contributed by atoms with Gasteiger partial charge in [0.05, 0.1) is 22.9 Å². The minimum Gasteiger partial charge on any atom is -0.386 e. The van der Waals surface area contributed by atoms with E-state index in [-0.39, 0.29) is 17.9 Å². The summed E-state index contributed by atoms with van der Waals surface area (Å²) < 4.78 is 14.4. The van der Waals surface area contributed by atoms with Crippen molar-refractivity contribution in [2.24, 2.45) is 0 Å². The van der Waals surface area contributed by atoms with Gasteiger partial charge in [0.2, 0.25) is 0 Å². The van der Waals surface area contributed by atoms with Crippen molar-refractivity contribution in [1.29, 1.82) is 0 Å². The maximum Gasteiger partial charge on any atom is 0.274 e. The molecule has 0 aliphatic heterocycles. The first-order chi connectivity index (χ1) is 12.6. The van der Waals surface area contributed by atoms with Crippen LogP contribution >= 0.6 is 11.3 Å². The zero-order chi connectivity index (χ0) is 18.1. The maximum absolute atomic E-state index is 13.1. The van der Waals surface area contributed by atoms with Gasteiger partial charge in [0.15, 0.2) is 0 Å². The lowest BCUT2D eigenvalue weighted by Crippen LogP contribution is -2.26. The van der Waals surface area contributed by atoms with Crippen molar-refractivity contribution in [2.75, 3.05) is 0 Å². The van der Waals surface area contributed by atoms with E-state index < -0.39 is 6.10 Å². The third-order valence-electron chi connectivity index (χ3n) is 4.22. The summed E-state index contributed by atoms with van der Waals surface area (Å²) in [5.41, 5.74) is 0.981. The molecule has 1 unspecified atom stereocenters. The predicted molar refractivity (Wildman–Crippen MR) is 101 cm³/mol. The van der Waals surface area contributed by atoms with Crippen molar-refractivity contribution in [1.82, 2.24) is 9.78 Å². The zero-order valence-corrected chi connectivity index (χ0v) is 14.5. The SMILES string of the molecule is O=c1c2ccccc2c(-c2cccs2)nn1CC(O)c1ccc(F)cc1. The fourth-order valence-electron chi connectivity index (χ4n) is 2.91. The van der Waals surface area contributed by atoms with Gasteiger partial charge in [-0.05, 0) is 35.2 Å². The van der Waals surface area contributed by atoms with Gasteiger partial charge < -0.3 is 5.11 Å². The van der Waals surface area contributed by atoms with Crippen LogP contribution < -0.4 is 5.56 Å². The number of fused-ring (bicyclic) bond motifs is 1. The molecule has 0 spiro atoms. The normalized spacial score (nSPS) is 12.4. The third-order valence-corrected chi connectivity index (χ3v) is 5.10. The Morgan fingerprint density at radius 1 is 1.04 bits per heavy atom. The van der Waals surface area contributed by atoms with Crippen LogP contribution in [0.15, 0.2) is 70.8 Å². The summed E-state index contributed by atoms with van der Waals surface area (Å²) in [6, 6.07) is 16.8. The first-order valence-electron chi connectivity index (χ1n) is 8.11. The van der Waals surface area contributed by atoms with Crippen LogP contribution in [0, 0.1) is 5.82 Å². The Balaban J connectivity index is 1.81. The van der Waals surface area contributed by atoms with E-state index in [1.165, 1.54) is 28.9 Å². The number of aliphatic hydroxyl groups is 1. The van der Waals surface area contributed by atoms with Gasteiger partial charge in [-0.1, -0.05) is 36.4 Å². The quantitative estimate of drug-likeness (QED) is 0.594. The highest BCUT2D eigenvalue weighted by molar-refractivity contribution is 7.13. The average molecular weight is 366 g/mol. The molecule has 1 atom stereocenters. The van der Waals surface area contributed by atoms with Gasteiger partial charge in [0.1, 0.15) is 11.5 Å². The molecule has 0 amide bonds. The van der Waals surface area contributed by atoms with Gasteiger partial charge in [-0.2, -0.15) is 5.10 Å². The van der Waals surface area contributed by atoms with Gasteiger partial charge in [0.25, 0.3) is 5.56 Å². The van der Waals surface area contributed by atoms with Crippen molar-refractivity contribution in [2.45, 2.75) is 12.6 Å². The van der Waals surface area contributed by atoms with Gasteiger partial charge >= 0.3 is 0 Å². The van der Waals surface area contributed by atoms with E-state index in [2.05, 4.69) is 5.10 Å². The lowest BCUT2D eigenvalue weighted by atomic mass is 10.1. The Morgan fingerprint density at radius 3 is 2.46 bits per heavy atom. The number of nitrogens with zero attached hydrogens (tertiary/aromatic N) is 2. The smallest absolute Gasteiger partial charge is 0.274 e. The van der Waals surface area contributed by atoms with Crippen LogP contribution in [0.5, 0.6) is 0 Å². The molecule has 2 aromatic heterocycles. The van der Waals surface area contributed by atoms with Crippen molar-refractivity contribution in [3.8, 4) is 10.6 Å². The molecule has 4 nitrogen and oxygen atoms in total. The van der Waals surface area contributed by atoms with Gasteiger partial charge in [-0.3, -0.25) is 4.79 Å². The summed E-state index contributed by atoms with van der Waals surface area (Å²) in [7, 11) is 0. The molecule has 0 bridgehead atoms. The molecule has 0 aliphatic rings. The number of benzene rings is 2. The summed E-state index contributed by atoms with van der Waals surface area (Å²) in [6.45, 7) is -0.00627. The van der Waals surface area contributed by atoms with Crippen LogP contribution in [0.4, 0.5) is 4.39 Å². The summed E-state index contributed by atoms with van der Waals surface area (Å²) in [4.78, 5) is 13.8. The first kappa shape index (κ1) is 16.6. The standard InChI is InChI=1S/C20H15FN2O2S/c21-14-9-7-13(8-10-14)17(24)12-23-20(25)16-5-2-1-4-15(16)19(22-23)18-6-3-11-26-18/h1-11,17,24H,12H2. The van der Waals surface area contributed by atoms with Crippen LogP contribution in [-0.2, 0) is 6.54 Å². The fraction of sp³-hybridized carbons (Fsp3) is 0.100. The van der Waals surface area contributed by atoms with Crippen molar-refractivity contribution >= 4 is 22.1 Å².